The third kappa shape index (κ3) is 3.02. The number of hydrogen-bond acceptors (Lipinski definition) is 0. The van der Waals surface area contributed by atoms with Gasteiger partial charge in [0.25, 0.3) is 0 Å². The molecule has 0 aromatic heterocycles. The van der Waals surface area contributed by atoms with Gasteiger partial charge in [-0.25, -0.2) is 0 Å². The standard InChI is InChI=1S/C13H22/c1-4-12(5-2)10-13-9-7-6-8-11(13)3/h4,10-11,13H,1,5-9H2,2-3H3. The van der Waals surface area contributed by atoms with Gasteiger partial charge in [0, 0.05) is 0 Å². The Hall–Kier alpha value is -0.520. The number of allylic oxidation sites excluding steroid dienone is 3. The summed E-state index contributed by atoms with van der Waals surface area (Å²) in [6.45, 7) is 8.45. The van der Waals surface area contributed by atoms with Crippen LogP contribution in [0, 0.1) is 11.8 Å². The second-order valence-electron chi connectivity index (χ2n) is 4.22. The summed E-state index contributed by atoms with van der Waals surface area (Å²) in [6, 6.07) is 0. The first-order valence-electron chi connectivity index (χ1n) is 5.61. The van der Waals surface area contributed by atoms with Gasteiger partial charge in [0.1, 0.15) is 0 Å². The van der Waals surface area contributed by atoms with Crippen molar-refractivity contribution in [3.05, 3.63) is 24.3 Å². The van der Waals surface area contributed by atoms with Crippen molar-refractivity contribution < 1.29 is 0 Å². The first kappa shape index (κ1) is 10.6. The van der Waals surface area contributed by atoms with E-state index in [9.17, 15) is 0 Å². The lowest BCUT2D eigenvalue weighted by Gasteiger charge is -2.26. The fourth-order valence-electron chi connectivity index (χ4n) is 2.20. The van der Waals surface area contributed by atoms with Gasteiger partial charge in [-0.3, -0.25) is 0 Å². The minimum Gasteiger partial charge on any atom is -0.0988 e. The van der Waals surface area contributed by atoms with E-state index in [1.165, 1.54) is 31.3 Å². The van der Waals surface area contributed by atoms with E-state index in [2.05, 4.69) is 26.5 Å². The molecule has 0 heteroatoms. The molecule has 0 amide bonds. The maximum Gasteiger partial charge on any atom is -0.0202 e. The third-order valence-corrected chi connectivity index (χ3v) is 3.28. The molecule has 2 unspecified atom stereocenters. The maximum atomic E-state index is 3.85. The molecule has 1 fully saturated rings. The minimum atomic E-state index is 0.821. The predicted molar refractivity (Wildman–Crippen MR) is 59.7 cm³/mol. The van der Waals surface area contributed by atoms with Gasteiger partial charge >= 0.3 is 0 Å². The van der Waals surface area contributed by atoms with Gasteiger partial charge in [0.2, 0.25) is 0 Å². The van der Waals surface area contributed by atoms with E-state index >= 15 is 0 Å². The van der Waals surface area contributed by atoms with Crippen LogP contribution in [0.25, 0.3) is 0 Å². The lowest BCUT2D eigenvalue weighted by molar-refractivity contribution is 0.305. The van der Waals surface area contributed by atoms with E-state index in [4.69, 9.17) is 0 Å². The molecule has 1 rings (SSSR count). The molecule has 1 aliphatic carbocycles. The fourth-order valence-corrected chi connectivity index (χ4v) is 2.20. The summed E-state index contributed by atoms with van der Waals surface area (Å²) in [5.74, 6) is 1.71. The summed E-state index contributed by atoms with van der Waals surface area (Å²) in [7, 11) is 0. The molecule has 0 aromatic carbocycles. The molecule has 0 N–H and O–H groups in total. The van der Waals surface area contributed by atoms with Crippen molar-refractivity contribution >= 4 is 0 Å². The number of hydrogen-bond donors (Lipinski definition) is 0. The zero-order valence-corrected chi connectivity index (χ0v) is 9.05. The van der Waals surface area contributed by atoms with Crippen LogP contribution in [0.3, 0.4) is 0 Å². The molecule has 1 saturated carbocycles. The molecule has 1 aliphatic rings. The van der Waals surface area contributed by atoms with Crippen LogP contribution in [-0.2, 0) is 0 Å². The highest BCUT2D eigenvalue weighted by Crippen LogP contribution is 2.31. The largest absolute Gasteiger partial charge is 0.0988 e. The van der Waals surface area contributed by atoms with Gasteiger partial charge in [-0.1, -0.05) is 57.4 Å². The quantitative estimate of drug-likeness (QED) is 0.564. The van der Waals surface area contributed by atoms with Crippen molar-refractivity contribution in [1.29, 1.82) is 0 Å². The monoisotopic (exact) mass is 178 g/mol. The molecule has 0 radical (unpaired) electrons. The van der Waals surface area contributed by atoms with Gasteiger partial charge in [-0.2, -0.15) is 0 Å². The Kier molecular flexibility index (Phi) is 4.27. The van der Waals surface area contributed by atoms with Gasteiger partial charge in [0.05, 0.1) is 0 Å². The van der Waals surface area contributed by atoms with Gasteiger partial charge in [-0.15, -0.1) is 0 Å². The zero-order valence-electron chi connectivity index (χ0n) is 9.05. The first-order valence-corrected chi connectivity index (χ1v) is 5.61. The van der Waals surface area contributed by atoms with Crippen LogP contribution in [0.15, 0.2) is 24.3 Å². The molecule has 0 aliphatic heterocycles. The van der Waals surface area contributed by atoms with E-state index < -0.39 is 0 Å². The van der Waals surface area contributed by atoms with E-state index in [0.717, 1.165) is 18.3 Å². The second-order valence-corrected chi connectivity index (χ2v) is 4.22. The lowest BCUT2D eigenvalue weighted by atomic mass is 9.79. The average molecular weight is 178 g/mol. The van der Waals surface area contributed by atoms with Crippen molar-refractivity contribution in [1.82, 2.24) is 0 Å². The normalized spacial score (nSPS) is 30.2. The summed E-state index contributed by atoms with van der Waals surface area (Å²) < 4.78 is 0. The Morgan fingerprint density at radius 2 is 2.08 bits per heavy atom. The molecule has 0 heterocycles. The predicted octanol–water partition coefficient (Wildman–Crippen LogP) is 4.34. The highest BCUT2D eigenvalue weighted by Gasteiger charge is 2.18. The molecule has 0 spiro atoms. The Labute approximate surface area is 82.7 Å². The Morgan fingerprint density at radius 3 is 2.62 bits per heavy atom. The molecule has 0 aromatic rings. The van der Waals surface area contributed by atoms with Crippen molar-refractivity contribution in [3.8, 4) is 0 Å². The molecular weight excluding hydrogens is 156 g/mol. The van der Waals surface area contributed by atoms with E-state index in [0.29, 0.717) is 0 Å². The Bertz CT molecular complexity index is 188. The van der Waals surface area contributed by atoms with Crippen LogP contribution in [0.1, 0.15) is 46.0 Å². The Morgan fingerprint density at radius 1 is 1.38 bits per heavy atom. The SMILES string of the molecule is C=CC(=CC1CCCCC1C)CC. The molecule has 74 valence electrons. The van der Waals surface area contributed by atoms with E-state index in [-0.39, 0.29) is 0 Å². The molecular formula is C13H22. The summed E-state index contributed by atoms with van der Waals surface area (Å²) >= 11 is 0. The van der Waals surface area contributed by atoms with Crippen LogP contribution in [0.5, 0.6) is 0 Å². The summed E-state index contributed by atoms with van der Waals surface area (Å²) in [5, 5.41) is 0. The van der Waals surface area contributed by atoms with Crippen molar-refractivity contribution in [3.63, 3.8) is 0 Å². The molecule has 13 heavy (non-hydrogen) atoms. The van der Waals surface area contributed by atoms with Crippen molar-refractivity contribution in [2.24, 2.45) is 11.8 Å². The van der Waals surface area contributed by atoms with Gasteiger partial charge < -0.3 is 0 Å². The fraction of sp³-hybridized carbons (Fsp3) is 0.692. The van der Waals surface area contributed by atoms with Crippen LogP contribution >= 0.6 is 0 Å². The molecule has 2 atom stereocenters. The highest BCUT2D eigenvalue weighted by molar-refractivity contribution is 5.17. The molecule has 0 saturated heterocycles. The molecule has 0 nitrogen and oxygen atoms in total. The average Bonchev–Trinajstić information content (AvgIpc) is 2.17. The minimum absolute atomic E-state index is 0.821. The zero-order chi connectivity index (χ0) is 9.68. The van der Waals surface area contributed by atoms with Crippen molar-refractivity contribution in [2.75, 3.05) is 0 Å². The van der Waals surface area contributed by atoms with Crippen LogP contribution in [0.4, 0.5) is 0 Å². The Balaban J connectivity index is 2.58. The highest BCUT2D eigenvalue weighted by atomic mass is 14.2. The van der Waals surface area contributed by atoms with E-state index in [1.807, 2.05) is 6.08 Å². The van der Waals surface area contributed by atoms with Gasteiger partial charge in [-0.05, 0) is 24.7 Å². The smallest absolute Gasteiger partial charge is 0.0202 e. The number of rotatable bonds is 3. The maximum absolute atomic E-state index is 3.85. The van der Waals surface area contributed by atoms with Gasteiger partial charge in [0.15, 0.2) is 0 Å². The topological polar surface area (TPSA) is 0 Å². The molecule has 0 bridgehead atoms. The van der Waals surface area contributed by atoms with Crippen LogP contribution in [0.2, 0.25) is 0 Å². The lowest BCUT2D eigenvalue weighted by Crippen LogP contribution is -2.14. The van der Waals surface area contributed by atoms with E-state index in [1.54, 1.807) is 0 Å². The summed E-state index contributed by atoms with van der Waals surface area (Å²) in [6.07, 6.45) is 11.2. The van der Waals surface area contributed by atoms with Crippen molar-refractivity contribution in [2.45, 2.75) is 46.0 Å². The summed E-state index contributed by atoms with van der Waals surface area (Å²) in [5.41, 5.74) is 1.43. The second kappa shape index (κ2) is 5.26. The summed E-state index contributed by atoms with van der Waals surface area (Å²) in [4.78, 5) is 0. The van der Waals surface area contributed by atoms with Crippen LogP contribution < -0.4 is 0 Å². The first-order chi connectivity index (χ1) is 6.27. The van der Waals surface area contributed by atoms with Crippen LogP contribution in [-0.4, -0.2) is 0 Å². The third-order valence-electron chi connectivity index (χ3n) is 3.28.